The van der Waals surface area contributed by atoms with Crippen LogP contribution in [-0.4, -0.2) is 32.3 Å². The second kappa shape index (κ2) is 5.42. The van der Waals surface area contributed by atoms with Crippen LogP contribution < -0.4 is 10.6 Å². The van der Waals surface area contributed by atoms with Crippen LogP contribution in [0.3, 0.4) is 0 Å². The van der Waals surface area contributed by atoms with Gasteiger partial charge in [-0.15, -0.1) is 0 Å². The number of anilines is 1. The minimum Gasteiger partial charge on any atom is -0.374 e. The smallest absolute Gasteiger partial charge is 0.149 e. The molecule has 0 bridgehead atoms. The highest BCUT2D eigenvalue weighted by molar-refractivity contribution is 5.49. The summed E-state index contributed by atoms with van der Waals surface area (Å²) in [5.41, 5.74) is 5.50. The van der Waals surface area contributed by atoms with Crippen LogP contribution in [-0.2, 0) is 4.74 Å². The number of morpholine rings is 1. The number of nitrogens with two attached hydrogens (primary N) is 1. The molecule has 2 N–H and O–H groups in total. The predicted molar refractivity (Wildman–Crippen MR) is 62.0 cm³/mol. The van der Waals surface area contributed by atoms with Gasteiger partial charge >= 0.3 is 0 Å². The SMILES string of the molecule is NCCC1CN(c2c(F)cccc2F)CCO1. The van der Waals surface area contributed by atoms with Crippen LogP contribution in [0, 0.1) is 11.6 Å². The van der Waals surface area contributed by atoms with Crippen LogP contribution in [0.25, 0.3) is 0 Å². The summed E-state index contributed by atoms with van der Waals surface area (Å²) in [5.74, 6) is -1.06. The fourth-order valence-electron chi connectivity index (χ4n) is 2.07. The molecule has 17 heavy (non-hydrogen) atoms. The summed E-state index contributed by atoms with van der Waals surface area (Å²) in [5, 5.41) is 0. The molecular weight excluding hydrogens is 226 g/mol. The van der Waals surface area contributed by atoms with Crippen molar-refractivity contribution in [1.29, 1.82) is 0 Å². The van der Waals surface area contributed by atoms with Crippen LogP contribution in [0.2, 0.25) is 0 Å². The molecule has 0 aromatic heterocycles. The molecule has 1 aliphatic heterocycles. The summed E-state index contributed by atoms with van der Waals surface area (Å²) in [6.45, 7) is 1.96. The Hall–Kier alpha value is -1.20. The number of hydrogen-bond donors (Lipinski definition) is 1. The molecule has 1 aromatic rings. The third kappa shape index (κ3) is 2.73. The van der Waals surface area contributed by atoms with Gasteiger partial charge in [0, 0.05) is 13.1 Å². The van der Waals surface area contributed by atoms with E-state index in [1.54, 1.807) is 4.90 Å². The highest BCUT2D eigenvalue weighted by atomic mass is 19.1. The Morgan fingerprint density at radius 2 is 2.06 bits per heavy atom. The van der Waals surface area contributed by atoms with Gasteiger partial charge in [-0.25, -0.2) is 8.78 Å². The minimum absolute atomic E-state index is 0.0396. The summed E-state index contributed by atoms with van der Waals surface area (Å²) in [6.07, 6.45) is 0.653. The summed E-state index contributed by atoms with van der Waals surface area (Å²) in [4.78, 5) is 1.69. The van der Waals surface area contributed by atoms with Gasteiger partial charge in [0.05, 0.1) is 12.7 Å². The first kappa shape index (κ1) is 12.3. The number of rotatable bonds is 3. The number of hydrogen-bond acceptors (Lipinski definition) is 3. The highest BCUT2D eigenvalue weighted by Gasteiger charge is 2.24. The van der Waals surface area contributed by atoms with Crippen LogP contribution >= 0.6 is 0 Å². The summed E-state index contributed by atoms with van der Waals surface area (Å²) >= 11 is 0. The van der Waals surface area contributed by atoms with Gasteiger partial charge in [0.1, 0.15) is 17.3 Å². The van der Waals surface area contributed by atoms with Crippen molar-refractivity contribution in [2.45, 2.75) is 12.5 Å². The van der Waals surface area contributed by atoms with Gasteiger partial charge in [0.15, 0.2) is 0 Å². The van der Waals surface area contributed by atoms with E-state index in [2.05, 4.69) is 0 Å². The van der Waals surface area contributed by atoms with E-state index >= 15 is 0 Å². The molecule has 0 spiro atoms. The first-order valence-corrected chi connectivity index (χ1v) is 5.73. The predicted octanol–water partition coefficient (Wildman–Crippen LogP) is 1.52. The Labute approximate surface area is 99.2 Å². The lowest BCUT2D eigenvalue weighted by molar-refractivity contribution is 0.0364. The van der Waals surface area contributed by atoms with Crippen LogP contribution in [0.15, 0.2) is 18.2 Å². The number of halogens is 2. The molecule has 2 rings (SSSR count). The molecule has 0 aliphatic carbocycles. The number of benzene rings is 1. The molecule has 1 aliphatic rings. The zero-order chi connectivity index (χ0) is 12.3. The summed E-state index contributed by atoms with van der Waals surface area (Å²) in [6, 6.07) is 3.91. The van der Waals surface area contributed by atoms with E-state index < -0.39 is 11.6 Å². The number of nitrogens with zero attached hydrogens (tertiary/aromatic N) is 1. The van der Waals surface area contributed by atoms with Gasteiger partial charge in [-0.1, -0.05) is 6.07 Å². The first-order valence-electron chi connectivity index (χ1n) is 5.73. The molecule has 1 saturated heterocycles. The van der Waals surface area contributed by atoms with Crippen molar-refractivity contribution in [2.24, 2.45) is 5.73 Å². The normalized spacial score (nSPS) is 20.6. The van der Waals surface area contributed by atoms with E-state index in [4.69, 9.17) is 10.5 Å². The summed E-state index contributed by atoms with van der Waals surface area (Å²) < 4.78 is 32.7. The standard InChI is InChI=1S/C12H16F2N2O/c13-10-2-1-3-11(14)12(10)16-6-7-17-9(8-16)4-5-15/h1-3,9H,4-8,15H2. The molecule has 1 atom stereocenters. The molecule has 0 radical (unpaired) electrons. The molecule has 0 saturated carbocycles. The second-order valence-corrected chi connectivity index (χ2v) is 4.09. The topological polar surface area (TPSA) is 38.5 Å². The largest absolute Gasteiger partial charge is 0.374 e. The van der Waals surface area contributed by atoms with Crippen LogP contribution in [0.5, 0.6) is 0 Å². The lowest BCUT2D eigenvalue weighted by Crippen LogP contribution is -2.44. The fourth-order valence-corrected chi connectivity index (χ4v) is 2.07. The second-order valence-electron chi connectivity index (χ2n) is 4.09. The molecular formula is C12H16F2N2O. The lowest BCUT2D eigenvalue weighted by Gasteiger charge is -2.34. The molecule has 5 heteroatoms. The average molecular weight is 242 g/mol. The maximum Gasteiger partial charge on any atom is 0.149 e. The van der Waals surface area contributed by atoms with Gasteiger partial charge in [-0.3, -0.25) is 0 Å². The van der Waals surface area contributed by atoms with E-state index in [1.807, 2.05) is 0 Å². The molecule has 1 fully saturated rings. The molecule has 1 aromatic carbocycles. The summed E-state index contributed by atoms with van der Waals surface area (Å²) in [7, 11) is 0. The van der Waals surface area contributed by atoms with E-state index in [-0.39, 0.29) is 11.8 Å². The van der Waals surface area contributed by atoms with E-state index in [0.29, 0.717) is 32.7 Å². The fraction of sp³-hybridized carbons (Fsp3) is 0.500. The van der Waals surface area contributed by atoms with Crippen molar-refractivity contribution in [2.75, 3.05) is 31.1 Å². The van der Waals surface area contributed by atoms with E-state index in [0.717, 1.165) is 0 Å². The van der Waals surface area contributed by atoms with Crippen LogP contribution in [0.4, 0.5) is 14.5 Å². The van der Waals surface area contributed by atoms with Gasteiger partial charge < -0.3 is 15.4 Å². The van der Waals surface area contributed by atoms with Gasteiger partial charge in [-0.05, 0) is 25.1 Å². The Balaban J connectivity index is 2.16. The van der Waals surface area contributed by atoms with Gasteiger partial charge in [-0.2, -0.15) is 0 Å². The maximum absolute atomic E-state index is 13.6. The molecule has 3 nitrogen and oxygen atoms in total. The number of ether oxygens (including phenoxy) is 1. The van der Waals surface area contributed by atoms with Crippen molar-refractivity contribution in [3.05, 3.63) is 29.8 Å². The first-order chi connectivity index (χ1) is 8.22. The van der Waals surface area contributed by atoms with Gasteiger partial charge in [0.25, 0.3) is 0 Å². The Bertz CT molecular complexity index is 365. The molecule has 1 heterocycles. The van der Waals surface area contributed by atoms with Crippen molar-refractivity contribution in [3.63, 3.8) is 0 Å². The van der Waals surface area contributed by atoms with Gasteiger partial charge in [0.2, 0.25) is 0 Å². The maximum atomic E-state index is 13.6. The monoisotopic (exact) mass is 242 g/mol. The Morgan fingerprint density at radius 1 is 1.35 bits per heavy atom. The quantitative estimate of drug-likeness (QED) is 0.873. The third-order valence-electron chi connectivity index (χ3n) is 2.88. The minimum atomic E-state index is -0.529. The molecule has 94 valence electrons. The average Bonchev–Trinajstić information content (AvgIpc) is 2.30. The van der Waals surface area contributed by atoms with Crippen molar-refractivity contribution >= 4 is 5.69 Å². The molecule has 1 unspecified atom stereocenters. The lowest BCUT2D eigenvalue weighted by atomic mass is 10.1. The zero-order valence-electron chi connectivity index (χ0n) is 9.53. The molecule has 0 amide bonds. The van der Waals surface area contributed by atoms with Crippen molar-refractivity contribution in [3.8, 4) is 0 Å². The Morgan fingerprint density at radius 3 is 2.71 bits per heavy atom. The highest BCUT2D eigenvalue weighted by Crippen LogP contribution is 2.25. The van der Waals surface area contributed by atoms with Crippen molar-refractivity contribution < 1.29 is 13.5 Å². The van der Waals surface area contributed by atoms with Crippen LogP contribution in [0.1, 0.15) is 6.42 Å². The Kier molecular flexibility index (Phi) is 3.91. The zero-order valence-corrected chi connectivity index (χ0v) is 9.53. The van der Waals surface area contributed by atoms with Crippen molar-refractivity contribution in [1.82, 2.24) is 0 Å². The van der Waals surface area contributed by atoms with E-state index in [9.17, 15) is 8.78 Å². The number of para-hydroxylation sites is 1. The third-order valence-corrected chi connectivity index (χ3v) is 2.88. The van der Waals surface area contributed by atoms with E-state index in [1.165, 1.54) is 18.2 Å².